The van der Waals surface area contributed by atoms with E-state index in [-0.39, 0.29) is 18.2 Å². The smallest absolute Gasteiger partial charge is 0.340 e. The number of esters is 1. The maximum atomic E-state index is 12.6. The van der Waals surface area contributed by atoms with Gasteiger partial charge in [0.05, 0.1) is 35.6 Å². The summed E-state index contributed by atoms with van der Waals surface area (Å²) in [6.45, 7) is 10.6. The number of aryl methyl sites for hydroxylation is 1. The van der Waals surface area contributed by atoms with Gasteiger partial charge in [-0.2, -0.15) is 0 Å². The molecule has 0 unspecified atom stereocenters. The van der Waals surface area contributed by atoms with Crippen LogP contribution in [0.25, 0.3) is 10.9 Å². The van der Waals surface area contributed by atoms with Crippen molar-refractivity contribution in [1.82, 2.24) is 9.88 Å². The van der Waals surface area contributed by atoms with Gasteiger partial charge >= 0.3 is 5.97 Å². The van der Waals surface area contributed by atoms with E-state index in [1.165, 1.54) is 0 Å². The fourth-order valence-electron chi connectivity index (χ4n) is 3.65. The summed E-state index contributed by atoms with van der Waals surface area (Å²) in [5, 5.41) is 0.998. The van der Waals surface area contributed by atoms with Gasteiger partial charge in [-0.25, -0.2) is 4.79 Å². The first-order chi connectivity index (χ1) is 12.0. The van der Waals surface area contributed by atoms with Crippen LogP contribution in [0.1, 0.15) is 42.4 Å². The summed E-state index contributed by atoms with van der Waals surface area (Å²) in [6.07, 6.45) is 0.354. The first-order valence-electron chi connectivity index (χ1n) is 8.92. The van der Waals surface area contributed by atoms with Crippen molar-refractivity contribution in [2.24, 2.45) is 0 Å². The number of para-hydroxylation sites is 1. The second kappa shape index (κ2) is 7.50. The monoisotopic (exact) mass is 342 g/mol. The van der Waals surface area contributed by atoms with Crippen LogP contribution in [0.2, 0.25) is 0 Å². The zero-order chi connectivity index (χ0) is 18.0. The second-order valence-corrected chi connectivity index (χ2v) is 6.75. The Kier molecular flexibility index (Phi) is 5.35. The Labute approximate surface area is 148 Å². The molecule has 2 aromatic rings. The first-order valence-corrected chi connectivity index (χ1v) is 8.92. The molecular formula is C20H26N2O3. The molecule has 0 N–H and O–H groups in total. The van der Waals surface area contributed by atoms with E-state index in [2.05, 4.69) is 18.7 Å². The maximum absolute atomic E-state index is 12.6. The largest absolute Gasteiger partial charge is 0.462 e. The van der Waals surface area contributed by atoms with Crippen LogP contribution in [0, 0.1) is 6.92 Å². The fourth-order valence-corrected chi connectivity index (χ4v) is 3.65. The molecule has 1 aliphatic heterocycles. The van der Waals surface area contributed by atoms with E-state index in [0.717, 1.165) is 35.2 Å². The summed E-state index contributed by atoms with van der Waals surface area (Å²) in [4.78, 5) is 19.7. The van der Waals surface area contributed by atoms with Crippen molar-refractivity contribution in [3.63, 3.8) is 0 Å². The number of carbonyl (C=O) groups is 1. The first kappa shape index (κ1) is 17.8. The quantitative estimate of drug-likeness (QED) is 0.798. The zero-order valence-corrected chi connectivity index (χ0v) is 15.4. The number of pyridine rings is 1. The van der Waals surface area contributed by atoms with Crippen LogP contribution < -0.4 is 0 Å². The maximum Gasteiger partial charge on any atom is 0.340 e. The minimum Gasteiger partial charge on any atom is -0.462 e. The summed E-state index contributed by atoms with van der Waals surface area (Å²) in [5.41, 5.74) is 3.24. The molecule has 0 aliphatic carbocycles. The molecule has 5 nitrogen and oxygen atoms in total. The zero-order valence-electron chi connectivity index (χ0n) is 15.4. The molecule has 3 rings (SSSR count). The molecule has 2 heterocycles. The third kappa shape index (κ3) is 3.83. The van der Waals surface area contributed by atoms with E-state index in [1.807, 2.05) is 38.1 Å². The molecule has 1 aromatic heterocycles. The van der Waals surface area contributed by atoms with Crippen molar-refractivity contribution < 1.29 is 14.3 Å². The number of hydrogen-bond donors (Lipinski definition) is 0. The number of aromatic nitrogens is 1. The number of carbonyl (C=O) groups excluding carboxylic acids is 1. The Morgan fingerprint density at radius 2 is 1.96 bits per heavy atom. The van der Waals surface area contributed by atoms with Gasteiger partial charge in [-0.1, -0.05) is 18.2 Å². The molecule has 134 valence electrons. The summed E-state index contributed by atoms with van der Waals surface area (Å²) in [5.74, 6) is -0.289. The van der Waals surface area contributed by atoms with E-state index >= 15 is 0 Å². The number of hydrogen-bond acceptors (Lipinski definition) is 5. The predicted octanol–water partition coefficient (Wildman–Crippen LogP) is 3.33. The number of ether oxygens (including phenoxy) is 2. The lowest BCUT2D eigenvalue weighted by atomic mass is 10.0. The number of morpholine rings is 1. The Hall–Kier alpha value is -1.98. The SMILES string of the molecule is CCOC(=O)c1c(CN2C[C@@H](C)O[C@@H](C)C2)nc2ccccc2c1C. The molecular weight excluding hydrogens is 316 g/mol. The van der Waals surface area contributed by atoms with Gasteiger partial charge in [0.25, 0.3) is 0 Å². The molecule has 25 heavy (non-hydrogen) atoms. The van der Waals surface area contributed by atoms with Crippen molar-refractivity contribution >= 4 is 16.9 Å². The molecule has 0 radical (unpaired) electrons. The van der Waals surface area contributed by atoms with E-state index in [9.17, 15) is 4.79 Å². The van der Waals surface area contributed by atoms with Gasteiger partial charge in [0.15, 0.2) is 0 Å². The molecule has 0 saturated carbocycles. The van der Waals surface area contributed by atoms with Crippen molar-refractivity contribution in [2.75, 3.05) is 19.7 Å². The topological polar surface area (TPSA) is 51.7 Å². The second-order valence-electron chi connectivity index (χ2n) is 6.75. The van der Waals surface area contributed by atoms with Crippen LogP contribution in [-0.4, -0.2) is 47.8 Å². The number of rotatable bonds is 4. The normalized spacial score (nSPS) is 21.4. The Bertz CT molecular complexity index is 765. The third-order valence-electron chi connectivity index (χ3n) is 4.58. The summed E-state index contributed by atoms with van der Waals surface area (Å²) >= 11 is 0. The molecule has 5 heteroatoms. The average Bonchev–Trinajstić information content (AvgIpc) is 2.54. The highest BCUT2D eigenvalue weighted by molar-refractivity contribution is 5.98. The lowest BCUT2D eigenvalue weighted by Crippen LogP contribution is -2.45. The predicted molar refractivity (Wildman–Crippen MR) is 97.7 cm³/mol. The average molecular weight is 342 g/mol. The minimum atomic E-state index is -0.289. The fraction of sp³-hybridized carbons (Fsp3) is 0.500. The van der Waals surface area contributed by atoms with Gasteiger partial charge in [-0.15, -0.1) is 0 Å². The highest BCUT2D eigenvalue weighted by Crippen LogP contribution is 2.25. The molecule has 0 amide bonds. The van der Waals surface area contributed by atoms with Gasteiger partial charge < -0.3 is 9.47 Å². The summed E-state index contributed by atoms with van der Waals surface area (Å²) in [6, 6.07) is 7.94. The Balaban J connectivity index is 2.02. The van der Waals surface area contributed by atoms with Crippen molar-refractivity contribution in [1.29, 1.82) is 0 Å². The molecule has 1 aliphatic rings. The minimum absolute atomic E-state index is 0.177. The van der Waals surface area contributed by atoms with Crippen LogP contribution in [0.15, 0.2) is 24.3 Å². The molecule has 1 saturated heterocycles. The Morgan fingerprint density at radius 1 is 1.28 bits per heavy atom. The highest BCUT2D eigenvalue weighted by Gasteiger charge is 2.26. The molecule has 0 bridgehead atoms. The van der Waals surface area contributed by atoms with Crippen molar-refractivity contribution in [3.05, 3.63) is 41.1 Å². The van der Waals surface area contributed by atoms with Crippen molar-refractivity contribution in [3.8, 4) is 0 Å². The van der Waals surface area contributed by atoms with Crippen LogP contribution in [0.4, 0.5) is 0 Å². The standard InChI is InChI=1S/C20H26N2O3/c1-5-24-20(23)19-15(4)16-8-6-7-9-17(16)21-18(19)12-22-10-13(2)25-14(3)11-22/h6-9,13-14H,5,10-12H2,1-4H3/t13-,14+. The highest BCUT2D eigenvalue weighted by atomic mass is 16.5. The lowest BCUT2D eigenvalue weighted by molar-refractivity contribution is -0.0708. The number of benzene rings is 1. The van der Waals surface area contributed by atoms with E-state index in [1.54, 1.807) is 0 Å². The van der Waals surface area contributed by atoms with Gasteiger partial charge in [-0.05, 0) is 39.3 Å². The third-order valence-corrected chi connectivity index (χ3v) is 4.58. The van der Waals surface area contributed by atoms with E-state index in [4.69, 9.17) is 14.5 Å². The summed E-state index contributed by atoms with van der Waals surface area (Å²) in [7, 11) is 0. The Morgan fingerprint density at radius 3 is 2.64 bits per heavy atom. The van der Waals surface area contributed by atoms with Crippen LogP contribution >= 0.6 is 0 Å². The molecule has 1 fully saturated rings. The summed E-state index contributed by atoms with van der Waals surface area (Å²) < 4.78 is 11.1. The van der Waals surface area contributed by atoms with Crippen molar-refractivity contribution in [2.45, 2.75) is 46.4 Å². The van der Waals surface area contributed by atoms with Crippen LogP contribution in [-0.2, 0) is 16.0 Å². The van der Waals surface area contributed by atoms with Gasteiger partial charge in [0, 0.05) is 25.0 Å². The van der Waals surface area contributed by atoms with Gasteiger partial charge in [0.2, 0.25) is 0 Å². The lowest BCUT2D eigenvalue weighted by Gasteiger charge is -2.35. The van der Waals surface area contributed by atoms with Crippen LogP contribution in [0.3, 0.4) is 0 Å². The van der Waals surface area contributed by atoms with Gasteiger partial charge in [0.1, 0.15) is 0 Å². The number of nitrogens with zero attached hydrogens (tertiary/aromatic N) is 2. The number of fused-ring (bicyclic) bond motifs is 1. The molecule has 1 aromatic carbocycles. The molecule has 2 atom stereocenters. The van der Waals surface area contributed by atoms with Gasteiger partial charge in [-0.3, -0.25) is 9.88 Å². The molecule has 0 spiro atoms. The van der Waals surface area contributed by atoms with E-state index < -0.39 is 0 Å². The van der Waals surface area contributed by atoms with Crippen LogP contribution in [0.5, 0.6) is 0 Å². The van der Waals surface area contributed by atoms with E-state index in [0.29, 0.717) is 18.7 Å².